The van der Waals surface area contributed by atoms with E-state index in [0.29, 0.717) is 19.5 Å². The second-order valence-electron chi connectivity index (χ2n) is 8.29. The third-order valence-electron chi connectivity index (χ3n) is 6.00. The lowest BCUT2D eigenvalue weighted by molar-refractivity contribution is -0.419. The monoisotopic (exact) mass is 432 g/mol. The Bertz CT molecular complexity index is 757. The molecule has 1 aliphatic carbocycles. The summed E-state index contributed by atoms with van der Waals surface area (Å²) in [7, 11) is 0. The van der Waals surface area contributed by atoms with Gasteiger partial charge < -0.3 is 5.11 Å². The average molecular weight is 433 g/mol. The molecule has 0 saturated heterocycles. The van der Waals surface area contributed by atoms with Crippen molar-refractivity contribution >= 4 is 11.7 Å². The van der Waals surface area contributed by atoms with Crippen molar-refractivity contribution in [3.05, 3.63) is 45.8 Å². The van der Waals surface area contributed by atoms with Crippen LogP contribution in [0.2, 0.25) is 0 Å². The first kappa shape index (κ1) is 24.9. The molecule has 0 amide bonds. The number of carboxylic acid groups (broad SMARTS) is 1. The Hall–Kier alpha value is -2.32. The van der Waals surface area contributed by atoms with Crippen molar-refractivity contribution < 1.29 is 14.8 Å². The molecule has 8 heteroatoms. The van der Waals surface area contributed by atoms with Gasteiger partial charge in [0.05, 0.1) is 17.2 Å². The third kappa shape index (κ3) is 8.03. The number of hydrogen-bond donors (Lipinski definition) is 1. The summed E-state index contributed by atoms with van der Waals surface area (Å²) in [6.07, 6.45) is 11.9. The molecule has 0 radical (unpaired) electrons. The van der Waals surface area contributed by atoms with E-state index in [1.54, 1.807) is 12.2 Å². The maximum Gasteiger partial charge on any atom is 0.317 e. The Morgan fingerprint density at radius 1 is 1.32 bits per heavy atom. The van der Waals surface area contributed by atoms with Crippen LogP contribution in [-0.2, 0) is 4.79 Å². The van der Waals surface area contributed by atoms with Crippen molar-refractivity contribution in [2.75, 3.05) is 32.7 Å². The van der Waals surface area contributed by atoms with Gasteiger partial charge in [-0.15, -0.1) is 0 Å². The van der Waals surface area contributed by atoms with E-state index in [1.807, 2.05) is 11.0 Å². The highest BCUT2D eigenvalue weighted by Gasteiger charge is 2.25. The molecule has 1 N–H and O–H groups in total. The smallest absolute Gasteiger partial charge is 0.317 e. The number of carboxylic acids is 1. The molecule has 31 heavy (non-hydrogen) atoms. The first-order chi connectivity index (χ1) is 14.8. The Morgan fingerprint density at radius 2 is 2.10 bits per heavy atom. The molecule has 2 rings (SSSR count). The molecule has 0 fully saturated rings. The molecule has 2 aliphatic rings. The van der Waals surface area contributed by atoms with Gasteiger partial charge >= 0.3 is 5.97 Å². The zero-order valence-corrected chi connectivity index (χ0v) is 19.0. The average Bonchev–Trinajstić information content (AvgIpc) is 2.75. The minimum absolute atomic E-state index is 0.0130. The number of rotatable bonds is 13. The van der Waals surface area contributed by atoms with Crippen LogP contribution in [0.15, 0.2) is 40.7 Å². The van der Waals surface area contributed by atoms with E-state index in [2.05, 4.69) is 31.7 Å². The van der Waals surface area contributed by atoms with Crippen LogP contribution in [-0.4, -0.2) is 70.3 Å². The van der Waals surface area contributed by atoms with Gasteiger partial charge in [0.1, 0.15) is 0 Å². The minimum Gasteiger partial charge on any atom is -0.480 e. The van der Waals surface area contributed by atoms with Gasteiger partial charge in [-0.2, -0.15) is 0 Å². The van der Waals surface area contributed by atoms with Gasteiger partial charge in [0.15, 0.2) is 0 Å². The summed E-state index contributed by atoms with van der Waals surface area (Å²) in [6, 6.07) is 0.214. The standard InChI is InChI=1S/C23H36N4O4/c1-4-13-26(18(3)19-9-11-22(12-10-19)27(30)31)15-14-25(17-23(28)29)16-21-8-6-7-20(5-2)24-21/h8-9,11-12,18-19H,4-7,10,13-17H2,1-3H3,(H,28,29). The SMILES string of the molecule is CCCN(CCN(CC(=O)O)CC1=CCCC(CC)=N1)C(C)C1C=CC([N+](=O)[O-])=CC1. The topological polar surface area (TPSA) is 99.3 Å². The Morgan fingerprint density at radius 3 is 2.68 bits per heavy atom. The number of aliphatic imine (C=N–C) groups is 1. The van der Waals surface area contributed by atoms with Gasteiger partial charge in [-0.3, -0.25) is 29.7 Å². The van der Waals surface area contributed by atoms with E-state index in [1.165, 1.54) is 5.71 Å². The van der Waals surface area contributed by atoms with Crippen LogP contribution in [0.3, 0.4) is 0 Å². The van der Waals surface area contributed by atoms with Crippen molar-refractivity contribution in [1.29, 1.82) is 0 Å². The zero-order valence-electron chi connectivity index (χ0n) is 19.0. The van der Waals surface area contributed by atoms with E-state index in [-0.39, 0.29) is 29.1 Å². The maximum absolute atomic E-state index is 11.4. The number of allylic oxidation sites excluding steroid dienone is 3. The lowest BCUT2D eigenvalue weighted by Gasteiger charge is -2.35. The second-order valence-corrected chi connectivity index (χ2v) is 8.29. The number of carbonyl (C=O) groups is 1. The molecule has 2 unspecified atom stereocenters. The molecule has 0 aromatic heterocycles. The lowest BCUT2D eigenvalue weighted by atomic mass is 9.91. The molecular weight excluding hydrogens is 396 g/mol. The van der Waals surface area contributed by atoms with E-state index in [4.69, 9.17) is 4.99 Å². The quantitative estimate of drug-likeness (QED) is 0.352. The van der Waals surface area contributed by atoms with E-state index < -0.39 is 5.97 Å². The van der Waals surface area contributed by atoms with E-state index in [9.17, 15) is 20.0 Å². The summed E-state index contributed by atoms with van der Waals surface area (Å²) in [6.45, 7) is 9.20. The largest absolute Gasteiger partial charge is 0.480 e. The summed E-state index contributed by atoms with van der Waals surface area (Å²) < 4.78 is 0. The summed E-state index contributed by atoms with van der Waals surface area (Å²) in [5.41, 5.74) is 2.30. The number of hydrogen-bond acceptors (Lipinski definition) is 6. The zero-order chi connectivity index (χ0) is 22.8. The first-order valence-electron chi connectivity index (χ1n) is 11.3. The Labute approximate surface area is 185 Å². The highest BCUT2D eigenvalue weighted by molar-refractivity contribution is 5.86. The van der Waals surface area contributed by atoms with Gasteiger partial charge in [-0.25, -0.2) is 0 Å². The van der Waals surface area contributed by atoms with Gasteiger partial charge in [0, 0.05) is 37.5 Å². The molecule has 2 atom stereocenters. The van der Waals surface area contributed by atoms with Gasteiger partial charge in [0.25, 0.3) is 5.70 Å². The normalized spacial score (nSPS) is 19.8. The summed E-state index contributed by atoms with van der Waals surface area (Å²) >= 11 is 0. The Balaban J connectivity index is 2.00. The van der Waals surface area contributed by atoms with E-state index in [0.717, 1.165) is 44.5 Å². The fourth-order valence-corrected chi connectivity index (χ4v) is 4.17. The van der Waals surface area contributed by atoms with Crippen molar-refractivity contribution in [1.82, 2.24) is 9.80 Å². The summed E-state index contributed by atoms with van der Waals surface area (Å²) in [5, 5.41) is 20.3. The number of nitrogens with zero attached hydrogens (tertiary/aromatic N) is 4. The van der Waals surface area contributed by atoms with Crippen LogP contribution in [0, 0.1) is 16.0 Å². The third-order valence-corrected chi connectivity index (χ3v) is 6.00. The second kappa shape index (κ2) is 12.5. The highest BCUT2D eigenvalue weighted by atomic mass is 16.6. The predicted molar refractivity (Wildman–Crippen MR) is 123 cm³/mol. The first-order valence-corrected chi connectivity index (χ1v) is 11.3. The summed E-state index contributed by atoms with van der Waals surface area (Å²) in [5.74, 6) is -0.625. The maximum atomic E-state index is 11.4. The van der Waals surface area contributed by atoms with Gasteiger partial charge in [-0.1, -0.05) is 26.0 Å². The lowest BCUT2D eigenvalue weighted by Crippen LogP contribution is -2.44. The van der Waals surface area contributed by atoms with Crippen LogP contribution in [0.5, 0.6) is 0 Å². The van der Waals surface area contributed by atoms with Crippen molar-refractivity contribution in [2.45, 2.75) is 58.9 Å². The minimum atomic E-state index is -0.834. The van der Waals surface area contributed by atoms with Crippen LogP contribution in [0.1, 0.15) is 52.9 Å². The molecule has 172 valence electrons. The molecule has 0 spiro atoms. The fourth-order valence-electron chi connectivity index (χ4n) is 4.17. The molecule has 1 heterocycles. The van der Waals surface area contributed by atoms with Crippen molar-refractivity contribution in [2.24, 2.45) is 10.9 Å². The van der Waals surface area contributed by atoms with Gasteiger partial charge in [-0.05, 0) is 57.6 Å². The van der Waals surface area contributed by atoms with Crippen LogP contribution in [0.4, 0.5) is 0 Å². The fraction of sp³-hybridized carbons (Fsp3) is 0.652. The molecule has 0 bridgehead atoms. The van der Waals surface area contributed by atoms with Crippen LogP contribution in [0.25, 0.3) is 0 Å². The Kier molecular flexibility index (Phi) is 10.1. The molecule has 0 aromatic rings. The number of nitro groups is 1. The highest BCUT2D eigenvalue weighted by Crippen LogP contribution is 2.23. The summed E-state index contributed by atoms with van der Waals surface area (Å²) in [4.78, 5) is 31.0. The molecule has 0 saturated carbocycles. The number of aliphatic carboxylic acids is 1. The molecular formula is C23H36N4O4. The molecule has 8 nitrogen and oxygen atoms in total. The van der Waals surface area contributed by atoms with Crippen LogP contribution < -0.4 is 0 Å². The van der Waals surface area contributed by atoms with Crippen LogP contribution >= 0.6 is 0 Å². The molecule has 1 aliphatic heterocycles. The van der Waals surface area contributed by atoms with Crippen molar-refractivity contribution in [3.63, 3.8) is 0 Å². The van der Waals surface area contributed by atoms with E-state index >= 15 is 0 Å². The molecule has 0 aromatic carbocycles. The van der Waals surface area contributed by atoms with Gasteiger partial charge in [0.2, 0.25) is 0 Å². The van der Waals surface area contributed by atoms with Crippen molar-refractivity contribution in [3.8, 4) is 0 Å². The predicted octanol–water partition coefficient (Wildman–Crippen LogP) is 3.74.